The molecule has 0 atom stereocenters. The van der Waals surface area contributed by atoms with Gasteiger partial charge in [0, 0.05) is 15.0 Å². The zero-order valence-corrected chi connectivity index (χ0v) is 11.2. The lowest BCUT2D eigenvalue weighted by molar-refractivity contribution is 0.399. The predicted octanol–water partition coefficient (Wildman–Crippen LogP) is 3.73. The van der Waals surface area contributed by atoms with Crippen molar-refractivity contribution in [3.63, 3.8) is 0 Å². The SMILES string of the molecule is COc1ccc2c(I)ccc(C3CC3)c2n1. The summed E-state index contributed by atoms with van der Waals surface area (Å²) in [4.78, 5) is 4.59. The largest absolute Gasteiger partial charge is 0.481 e. The highest BCUT2D eigenvalue weighted by atomic mass is 127. The summed E-state index contributed by atoms with van der Waals surface area (Å²) in [7, 11) is 1.67. The van der Waals surface area contributed by atoms with Gasteiger partial charge in [0.15, 0.2) is 0 Å². The number of hydrogen-bond donors (Lipinski definition) is 0. The van der Waals surface area contributed by atoms with Crippen LogP contribution in [0.25, 0.3) is 10.9 Å². The van der Waals surface area contributed by atoms with Gasteiger partial charge in [0.2, 0.25) is 5.88 Å². The van der Waals surface area contributed by atoms with Crippen LogP contribution in [0.5, 0.6) is 5.88 Å². The molecule has 2 nitrogen and oxygen atoms in total. The maximum atomic E-state index is 5.20. The lowest BCUT2D eigenvalue weighted by atomic mass is 10.1. The Morgan fingerprint density at radius 1 is 1.25 bits per heavy atom. The number of ether oxygens (including phenoxy) is 1. The monoisotopic (exact) mass is 325 g/mol. The highest BCUT2D eigenvalue weighted by Gasteiger charge is 2.26. The quantitative estimate of drug-likeness (QED) is 0.785. The summed E-state index contributed by atoms with van der Waals surface area (Å²) in [6, 6.07) is 8.44. The second kappa shape index (κ2) is 3.87. The maximum Gasteiger partial charge on any atom is 0.213 e. The van der Waals surface area contributed by atoms with Crippen molar-refractivity contribution in [1.29, 1.82) is 0 Å². The molecule has 0 aliphatic heterocycles. The van der Waals surface area contributed by atoms with Gasteiger partial charge in [0.1, 0.15) is 0 Å². The molecule has 1 heterocycles. The number of halogens is 1. The van der Waals surface area contributed by atoms with Crippen LogP contribution in [0, 0.1) is 3.57 Å². The zero-order valence-electron chi connectivity index (χ0n) is 9.03. The van der Waals surface area contributed by atoms with Crippen LogP contribution in [0.3, 0.4) is 0 Å². The van der Waals surface area contributed by atoms with E-state index in [1.54, 1.807) is 7.11 Å². The minimum atomic E-state index is 0.705. The van der Waals surface area contributed by atoms with Crippen LogP contribution in [0.1, 0.15) is 24.3 Å². The molecule has 1 aromatic heterocycles. The Hall–Kier alpha value is -0.840. The average molecular weight is 325 g/mol. The Labute approximate surface area is 108 Å². The molecule has 1 saturated carbocycles. The van der Waals surface area contributed by atoms with Crippen LogP contribution in [-0.2, 0) is 0 Å². The summed E-state index contributed by atoms with van der Waals surface area (Å²) in [5.41, 5.74) is 2.50. The van der Waals surface area contributed by atoms with Crippen LogP contribution in [0.15, 0.2) is 24.3 Å². The Morgan fingerprint density at radius 2 is 2.06 bits per heavy atom. The minimum absolute atomic E-state index is 0.705. The standard InChI is InChI=1S/C13H12INO/c1-16-12-7-5-10-11(14)6-4-9(8-2-3-8)13(10)15-12/h4-8H,2-3H2,1H3. The normalized spacial score (nSPS) is 15.4. The van der Waals surface area contributed by atoms with Crippen molar-refractivity contribution in [1.82, 2.24) is 4.98 Å². The zero-order chi connectivity index (χ0) is 11.1. The molecule has 1 aliphatic rings. The third kappa shape index (κ3) is 1.67. The lowest BCUT2D eigenvalue weighted by Gasteiger charge is -2.08. The van der Waals surface area contributed by atoms with E-state index < -0.39 is 0 Å². The van der Waals surface area contributed by atoms with E-state index in [4.69, 9.17) is 4.74 Å². The summed E-state index contributed by atoms with van der Waals surface area (Å²) in [5.74, 6) is 1.43. The fourth-order valence-corrected chi connectivity index (χ4v) is 2.64. The van der Waals surface area contributed by atoms with Gasteiger partial charge in [0.25, 0.3) is 0 Å². The molecule has 1 aromatic carbocycles. The van der Waals surface area contributed by atoms with Crippen molar-refractivity contribution >= 4 is 33.5 Å². The van der Waals surface area contributed by atoms with Crippen LogP contribution in [-0.4, -0.2) is 12.1 Å². The number of pyridine rings is 1. The molecule has 1 fully saturated rings. The van der Waals surface area contributed by atoms with Crippen LogP contribution < -0.4 is 4.74 Å². The average Bonchev–Trinajstić information content (AvgIpc) is 3.13. The molecule has 0 radical (unpaired) electrons. The molecular weight excluding hydrogens is 313 g/mol. The smallest absolute Gasteiger partial charge is 0.213 e. The number of hydrogen-bond acceptors (Lipinski definition) is 2. The lowest BCUT2D eigenvalue weighted by Crippen LogP contribution is -1.93. The topological polar surface area (TPSA) is 22.1 Å². The van der Waals surface area contributed by atoms with E-state index in [1.807, 2.05) is 6.07 Å². The van der Waals surface area contributed by atoms with Crippen molar-refractivity contribution in [3.05, 3.63) is 33.4 Å². The fourth-order valence-electron chi connectivity index (χ4n) is 2.02. The fraction of sp³-hybridized carbons (Fsp3) is 0.308. The Bertz CT molecular complexity index is 549. The molecule has 3 rings (SSSR count). The Balaban J connectivity index is 2.29. The number of rotatable bonds is 2. The summed E-state index contributed by atoms with van der Waals surface area (Å²) in [5, 5.41) is 1.24. The second-order valence-electron chi connectivity index (χ2n) is 4.16. The summed E-state index contributed by atoms with van der Waals surface area (Å²) >= 11 is 2.36. The number of aromatic nitrogens is 1. The molecule has 0 spiro atoms. The van der Waals surface area contributed by atoms with Crippen molar-refractivity contribution in [2.75, 3.05) is 7.11 Å². The molecule has 0 saturated heterocycles. The predicted molar refractivity (Wildman–Crippen MR) is 73.0 cm³/mol. The van der Waals surface area contributed by atoms with Crippen LogP contribution >= 0.6 is 22.6 Å². The van der Waals surface area contributed by atoms with Gasteiger partial charge >= 0.3 is 0 Å². The van der Waals surface area contributed by atoms with E-state index in [9.17, 15) is 0 Å². The highest BCUT2D eigenvalue weighted by molar-refractivity contribution is 14.1. The molecule has 82 valence electrons. The van der Waals surface area contributed by atoms with Crippen molar-refractivity contribution < 1.29 is 4.74 Å². The van der Waals surface area contributed by atoms with Crippen LogP contribution in [0.4, 0.5) is 0 Å². The first kappa shape index (κ1) is 10.3. The van der Waals surface area contributed by atoms with Gasteiger partial charge in [-0.2, -0.15) is 0 Å². The van der Waals surface area contributed by atoms with E-state index in [0.29, 0.717) is 5.88 Å². The number of methoxy groups -OCH3 is 1. The molecule has 0 unspecified atom stereocenters. The van der Waals surface area contributed by atoms with Crippen molar-refractivity contribution in [3.8, 4) is 5.88 Å². The molecule has 2 aromatic rings. The molecule has 0 N–H and O–H groups in total. The molecule has 0 amide bonds. The first-order valence-corrected chi connectivity index (χ1v) is 6.50. The van der Waals surface area contributed by atoms with Crippen molar-refractivity contribution in [2.45, 2.75) is 18.8 Å². The molecule has 1 aliphatic carbocycles. The molecule has 16 heavy (non-hydrogen) atoms. The third-order valence-electron chi connectivity index (χ3n) is 3.04. The van der Waals surface area contributed by atoms with Gasteiger partial charge in [-0.25, -0.2) is 4.98 Å². The molecule has 3 heteroatoms. The first-order valence-electron chi connectivity index (χ1n) is 5.43. The summed E-state index contributed by atoms with van der Waals surface area (Å²) < 4.78 is 6.46. The van der Waals surface area contributed by atoms with E-state index in [1.165, 1.54) is 27.4 Å². The van der Waals surface area contributed by atoms with Gasteiger partial charge in [0.05, 0.1) is 12.6 Å². The Morgan fingerprint density at radius 3 is 2.75 bits per heavy atom. The Kier molecular flexibility index (Phi) is 2.50. The van der Waals surface area contributed by atoms with Gasteiger partial charge in [-0.15, -0.1) is 0 Å². The maximum absolute atomic E-state index is 5.20. The number of benzene rings is 1. The van der Waals surface area contributed by atoms with Gasteiger partial charge in [-0.1, -0.05) is 6.07 Å². The van der Waals surface area contributed by atoms with E-state index in [-0.39, 0.29) is 0 Å². The van der Waals surface area contributed by atoms with E-state index >= 15 is 0 Å². The summed E-state index contributed by atoms with van der Waals surface area (Å²) in [6.45, 7) is 0. The second-order valence-corrected chi connectivity index (χ2v) is 5.32. The number of nitrogens with zero attached hydrogens (tertiary/aromatic N) is 1. The molecule has 0 bridgehead atoms. The van der Waals surface area contributed by atoms with Gasteiger partial charge in [-0.3, -0.25) is 0 Å². The van der Waals surface area contributed by atoms with E-state index in [0.717, 1.165) is 11.4 Å². The van der Waals surface area contributed by atoms with Crippen LogP contribution in [0.2, 0.25) is 0 Å². The van der Waals surface area contributed by atoms with E-state index in [2.05, 4.69) is 45.8 Å². The summed E-state index contributed by atoms with van der Waals surface area (Å²) in [6.07, 6.45) is 2.60. The number of fused-ring (bicyclic) bond motifs is 1. The highest BCUT2D eigenvalue weighted by Crippen LogP contribution is 2.43. The van der Waals surface area contributed by atoms with Gasteiger partial charge in [-0.05, 0) is 59.0 Å². The first-order chi connectivity index (χ1) is 7.79. The third-order valence-corrected chi connectivity index (χ3v) is 3.98. The minimum Gasteiger partial charge on any atom is -0.481 e. The van der Waals surface area contributed by atoms with Crippen molar-refractivity contribution in [2.24, 2.45) is 0 Å². The molecular formula is C13H12INO. The van der Waals surface area contributed by atoms with Gasteiger partial charge < -0.3 is 4.74 Å².